The van der Waals surface area contributed by atoms with E-state index in [2.05, 4.69) is 23.3 Å². The third-order valence-electron chi connectivity index (χ3n) is 1.74. The van der Waals surface area contributed by atoms with E-state index in [0.717, 1.165) is 18.0 Å². The number of nitrogens with one attached hydrogen (secondary N) is 1. The van der Waals surface area contributed by atoms with Crippen molar-refractivity contribution >= 4 is 11.3 Å². The molecule has 1 rings (SSSR count). The van der Waals surface area contributed by atoms with Gasteiger partial charge in [-0.1, -0.05) is 0 Å². The molecule has 3 nitrogen and oxygen atoms in total. The van der Waals surface area contributed by atoms with Gasteiger partial charge >= 0.3 is 0 Å². The molecule has 0 radical (unpaired) electrons. The van der Waals surface area contributed by atoms with Crippen molar-refractivity contribution in [3.05, 3.63) is 16.6 Å². The van der Waals surface area contributed by atoms with Gasteiger partial charge in [0.05, 0.1) is 12.1 Å². The molecule has 1 aromatic rings. The summed E-state index contributed by atoms with van der Waals surface area (Å²) in [6, 6.07) is 2.43. The normalized spacial score (nSPS) is 12.3. The van der Waals surface area contributed by atoms with E-state index in [0.29, 0.717) is 12.5 Å². The van der Waals surface area contributed by atoms with Gasteiger partial charge in [0, 0.05) is 18.0 Å². The lowest BCUT2D eigenvalue weighted by Crippen LogP contribution is -2.19. The maximum atomic E-state index is 8.33. The van der Waals surface area contributed by atoms with Crippen LogP contribution < -0.4 is 5.32 Å². The highest BCUT2D eigenvalue weighted by molar-refractivity contribution is 7.09. The van der Waals surface area contributed by atoms with Crippen LogP contribution in [0, 0.1) is 11.3 Å². The summed E-state index contributed by atoms with van der Waals surface area (Å²) < 4.78 is 0. The summed E-state index contributed by atoms with van der Waals surface area (Å²) in [6.07, 6.45) is 3.34. The molecule has 1 N–H and O–H groups in total. The van der Waals surface area contributed by atoms with Crippen LogP contribution in [0.5, 0.6) is 0 Å². The van der Waals surface area contributed by atoms with Gasteiger partial charge < -0.3 is 5.32 Å². The van der Waals surface area contributed by atoms with Crippen molar-refractivity contribution in [1.29, 1.82) is 5.26 Å². The third-order valence-corrected chi connectivity index (χ3v) is 2.70. The van der Waals surface area contributed by atoms with Gasteiger partial charge in [0.1, 0.15) is 5.01 Å². The summed E-state index contributed by atoms with van der Waals surface area (Å²) >= 11 is 1.66. The molecule has 0 bridgehead atoms. The predicted octanol–water partition coefficient (Wildman–Crippen LogP) is 2.10. The quantitative estimate of drug-likeness (QED) is 0.732. The summed E-state index contributed by atoms with van der Waals surface area (Å²) in [5.74, 6) is 0. The van der Waals surface area contributed by atoms with Crippen molar-refractivity contribution in [2.24, 2.45) is 0 Å². The Morgan fingerprint density at radius 1 is 1.77 bits per heavy atom. The van der Waals surface area contributed by atoms with Gasteiger partial charge in [-0.15, -0.1) is 11.3 Å². The zero-order valence-corrected chi connectivity index (χ0v) is 8.47. The van der Waals surface area contributed by atoms with Crippen LogP contribution in [0.4, 0.5) is 0 Å². The van der Waals surface area contributed by atoms with Crippen molar-refractivity contribution in [1.82, 2.24) is 10.3 Å². The van der Waals surface area contributed by atoms with Crippen LogP contribution in [0.1, 0.15) is 30.8 Å². The molecular formula is C9H13N3S. The highest BCUT2D eigenvalue weighted by Gasteiger charge is 2.05. The van der Waals surface area contributed by atoms with E-state index in [-0.39, 0.29) is 0 Å². The van der Waals surface area contributed by atoms with Crippen molar-refractivity contribution in [2.75, 3.05) is 6.54 Å². The van der Waals surface area contributed by atoms with Crippen molar-refractivity contribution in [3.8, 4) is 6.07 Å². The average molecular weight is 195 g/mol. The smallest absolute Gasteiger partial charge is 0.109 e. The second-order valence-electron chi connectivity index (χ2n) is 2.81. The standard InChI is InChI=1S/C9H13N3S/c1-8(9-12-6-7-13-9)11-5-3-2-4-10/h6-8,11H,2-3,5H2,1H3. The van der Waals surface area contributed by atoms with E-state index in [9.17, 15) is 0 Å². The lowest BCUT2D eigenvalue weighted by Gasteiger charge is -2.09. The van der Waals surface area contributed by atoms with E-state index in [1.807, 2.05) is 11.6 Å². The largest absolute Gasteiger partial charge is 0.308 e. The topological polar surface area (TPSA) is 48.7 Å². The summed E-state index contributed by atoms with van der Waals surface area (Å²) in [7, 11) is 0. The lowest BCUT2D eigenvalue weighted by molar-refractivity contribution is 0.559. The zero-order valence-electron chi connectivity index (χ0n) is 7.66. The van der Waals surface area contributed by atoms with E-state index in [1.54, 1.807) is 11.3 Å². The molecule has 0 aliphatic heterocycles. The number of unbranched alkanes of at least 4 members (excludes halogenated alkanes) is 1. The Morgan fingerprint density at radius 2 is 2.62 bits per heavy atom. The van der Waals surface area contributed by atoms with Gasteiger partial charge in [-0.25, -0.2) is 4.98 Å². The van der Waals surface area contributed by atoms with E-state index in [1.165, 1.54) is 0 Å². The molecule has 0 saturated heterocycles. The second kappa shape index (κ2) is 5.68. The zero-order chi connectivity index (χ0) is 9.52. The Bertz CT molecular complexity index is 263. The Hall–Kier alpha value is -0.920. The molecule has 0 aliphatic carbocycles. The van der Waals surface area contributed by atoms with Gasteiger partial charge in [0.2, 0.25) is 0 Å². The molecule has 1 atom stereocenters. The third kappa shape index (κ3) is 3.53. The molecule has 0 aliphatic rings. The highest BCUT2D eigenvalue weighted by Crippen LogP contribution is 2.14. The van der Waals surface area contributed by atoms with E-state index in [4.69, 9.17) is 5.26 Å². The summed E-state index contributed by atoms with van der Waals surface area (Å²) in [6.45, 7) is 2.97. The van der Waals surface area contributed by atoms with Crippen LogP contribution >= 0.6 is 11.3 Å². The van der Waals surface area contributed by atoms with Gasteiger partial charge in [0.25, 0.3) is 0 Å². The lowest BCUT2D eigenvalue weighted by atomic mass is 10.3. The second-order valence-corrected chi connectivity index (χ2v) is 3.73. The number of nitriles is 1. The highest BCUT2D eigenvalue weighted by atomic mass is 32.1. The molecule has 1 aromatic heterocycles. The first-order valence-corrected chi connectivity index (χ1v) is 5.22. The first-order valence-electron chi connectivity index (χ1n) is 4.34. The van der Waals surface area contributed by atoms with Gasteiger partial charge in [-0.2, -0.15) is 5.26 Å². The number of nitrogens with zero attached hydrogens (tertiary/aromatic N) is 2. The fraction of sp³-hybridized carbons (Fsp3) is 0.556. The van der Waals surface area contributed by atoms with Crippen LogP contribution in [0.3, 0.4) is 0 Å². The molecular weight excluding hydrogens is 182 g/mol. The molecule has 0 amide bonds. The van der Waals surface area contributed by atoms with Crippen LogP contribution in [0.2, 0.25) is 0 Å². The van der Waals surface area contributed by atoms with Crippen LogP contribution in [-0.4, -0.2) is 11.5 Å². The van der Waals surface area contributed by atoms with Crippen molar-refractivity contribution in [3.63, 3.8) is 0 Å². The van der Waals surface area contributed by atoms with Crippen LogP contribution in [-0.2, 0) is 0 Å². The SMILES string of the molecule is CC(NCCCC#N)c1nccs1. The van der Waals surface area contributed by atoms with Gasteiger partial charge in [-0.05, 0) is 19.9 Å². The maximum Gasteiger partial charge on any atom is 0.109 e. The summed E-state index contributed by atoms with van der Waals surface area (Å²) in [5, 5.41) is 14.7. The Kier molecular flexibility index (Phi) is 4.44. The summed E-state index contributed by atoms with van der Waals surface area (Å²) in [5.41, 5.74) is 0. The predicted molar refractivity (Wildman–Crippen MR) is 53.4 cm³/mol. The molecule has 1 unspecified atom stereocenters. The molecule has 0 aromatic carbocycles. The average Bonchev–Trinajstić information content (AvgIpc) is 2.65. The summed E-state index contributed by atoms with van der Waals surface area (Å²) in [4.78, 5) is 4.21. The fourth-order valence-electron chi connectivity index (χ4n) is 1.02. The fourth-order valence-corrected chi connectivity index (χ4v) is 1.69. The van der Waals surface area contributed by atoms with Crippen molar-refractivity contribution in [2.45, 2.75) is 25.8 Å². The number of rotatable bonds is 5. The Morgan fingerprint density at radius 3 is 3.23 bits per heavy atom. The van der Waals surface area contributed by atoms with Crippen LogP contribution in [0.25, 0.3) is 0 Å². The van der Waals surface area contributed by atoms with E-state index < -0.39 is 0 Å². The molecule has 4 heteroatoms. The molecule has 13 heavy (non-hydrogen) atoms. The minimum Gasteiger partial charge on any atom is -0.308 e. The maximum absolute atomic E-state index is 8.33. The molecule has 0 fully saturated rings. The molecule has 0 spiro atoms. The Labute approximate surface area is 82.4 Å². The van der Waals surface area contributed by atoms with Gasteiger partial charge in [-0.3, -0.25) is 0 Å². The number of thiazole rings is 1. The Balaban J connectivity index is 2.19. The number of hydrogen-bond donors (Lipinski definition) is 1. The van der Waals surface area contributed by atoms with Crippen molar-refractivity contribution < 1.29 is 0 Å². The minimum absolute atomic E-state index is 0.304. The number of aromatic nitrogens is 1. The first kappa shape index (κ1) is 10.2. The first-order chi connectivity index (χ1) is 6.34. The van der Waals surface area contributed by atoms with E-state index >= 15 is 0 Å². The molecule has 0 saturated carbocycles. The van der Waals surface area contributed by atoms with Crippen LogP contribution in [0.15, 0.2) is 11.6 Å². The monoisotopic (exact) mass is 195 g/mol. The number of hydrogen-bond acceptors (Lipinski definition) is 4. The molecule has 70 valence electrons. The van der Waals surface area contributed by atoms with Gasteiger partial charge in [0.15, 0.2) is 0 Å². The molecule has 1 heterocycles. The minimum atomic E-state index is 0.304.